The number of amides is 1. The van der Waals surface area contributed by atoms with Crippen molar-refractivity contribution >= 4 is 37.1 Å². The molecule has 7 nitrogen and oxygen atoms in total. The normalized spacial score (nSPS) is 25.1. The van der Waals surface area contributed by atoms with Gasteiger partial charge in [0.15, 0.2) is 16.8 Å². The number of ether oxygens (including phenoxy) is 3. The Morgan fingerprint density at radius 2 is 1.92 bits per heavy atom. The van der Waals surface area contributed by atoms with Crippen LogP contribution in [-0.2, 0) is 24.5 Å². The van der Waals surface area contributed by atoms with Crippen LogP contribution in [0.5, 0.6) is 0 Å². The molecule has 1 amide bonds. The fourth-order valence-corrected chi connectivity index (χ4v) is 6.50. The van der Waals surface area contributed by atoms with Crippen molar-refractivity contribution in [3.8, 4) is 0 Å². The number of amidine groups is 1. The van der Waals surface area contributed by atoms with Gasteiger partial charge < -0.3 is 14.2 Å². The number of hydrogen-bond donors (Lipinski definition) is 0. The zero-order valence-electron chi connectivity index (χ0n) is 22.3. The zero-order valence-corrected chi connectivity index (χ0v) is 24.1. The molecule has 0 N–H and O–H groups in total. The number of carbonyl (C=O) groups is 2. The van der Waals surface area contributed by atoms with E-state index >= 15 is 4.39 Å². The van der Waals surface area contributed by atoms with Crippen LogP contribution in [0.15, 0.2) is 23.2 Å². The molecule has 3 rings (SSSR count). The Hall–Kier alpha value is -2.05. The first-order valence-electron chi connectivity index (χ1n) is 12.1. The molecule has 0 saturated heterocycles. The van der Waals surface area contributed by atoms with Crippen molar-refractivity contribution in [1.29, 1.82) is 0 Å². The van der Waals surface area contributed by atoms with Crippen molar-refractivity contribution in [2.75, 3.05) is 27.1 Å². The molecule has 12 heteroatoms. The standard InChI is InChI=1S/C25H35F3N2O5SSi/c1-23(2,3)35-22(32)30(15-34-11-12-37(5,6)7)21-29-24(14-26,16-9-8-10-17(27)19(16)28)18-13-25(18,36-21)20(31)33-4/h8-10,18H,11-15H2,1-7H3/t18-,24+,25-/m0/s1. The van der Waals surface area contributed by atoms with Gasteiger partial charge in [0.1, 0.15) is 29.3 Å². The van der Waals surface area contributed by atoms with E-state index < -0.39 is 60.3 Å². The Labute approximate surface area is 221 Å². The fraction of sp³-hybridized carbons (Fsp3) is 0.640. The summed E-state index contributed by atoms with van der Waals surface area (Å²) in [5.74, 6) is -3.89. The van der Waals surface area contributed by atoms with Crippen LogP contribution in [0.25, 0.3) is 0 Å². The van der Waals surface area contributed by atoms with Gasteiger partial charge >= 0.3 is 12.1 Å². The smallest absolute Gasteiger partial charge is 0.418 e. The number of carbonyl (C=O) groups excluding carboxylic acids is 2. The summed E-state index contributed by atoms with van der Waals surface area (Å²) in [6, 6.07) is 4.26. The Bertz CT molecular complexity index is 1080. The first-order chi connectivity index (χ1) is 17.1. The van der Waals surface area contributed by atoms with Crippen molar-refractivity contribution < 1.29 is 37.0 Å². The number of esters is 1. The molecule has 1 aromatic carbocycles. The summed E-state index contributed by atoms with van der Waals surface area (Å²) in [5.41, 5.74) is -3.14. The lowest BCUT2D eigenvalue weighted by Gasteiger charge is -2.37. The molecule has 0 aromatic heterocycles. The molecule has 1 aromatic rings. The minimum absolute atomic E-state index is 0.0808. The Morgan fingerprint density at radius 1 is 1.24 bits per heavy atom. The SMILES string of the molecule is COC(=O)[C@]12C[C@H]1[C@@](CF)(c1cccc(F)c1F)N=C(N(COCC[Si](C)(C)C)C(=O)OC(C)(C)C)S2. The maximum absolute atomic E-state index is 15.0. The first kappa shape index (κ1) is 29.5. The minimum atomic E-state index is -1.94. The van der Waals surface area contributed by atoms with E-state index in [1.54, 1.807) is 20.8 Å². The third-order valence-electron chi connectivity index (χ3n) is 6.27. The van der Waals surface area contributed by atoms with E-state index in [2.05, 4.69) is 24.6 Å². The average molecular weight is 561 g/mol. The zero-order chi connectivity index (χ0) is 27.8. The number of thioether (sulfide) groups is 1. The van der Waals surface area contributed by atoms with Crippen LogP contribution < -0.4 is 0 Å². The molecule has 2 aliphatic rings. The lowest BCUT2D eigenvalue weighted by Crippen LogP contribution is -2.48. The van der Waals surface area contributed by atoms with Gasteiger partial charge in [-0.1, -0.05) is 43.5 Å². The van der Waals surface area contributed by atoms with Gasteiger partial charge in [-0.25, -0.2) is 27.9 Å². The molecule has 1 heterocycles. The lowest BCUT2D eigenvalue weighted by atomic mass is 9.84. The third-order valence-corrected chi connectivity index (χ3v) is 9.45. The number of rotatable bonds is 8. The van der Waals surface area contributed by atoms with Crippen LogP contribution in [0.4, 0.5) is 18.0 Å². The predicted molar refractivity (Wildman–Crippen MR) is 139 cm³/mol. The summed E-state index contributed by atoms with van der Waals surface area (Å²) < 4.78 is 59.3. The molecule has 0 radical (unpaired) electrons. The van der Waals surface area contributed by atoms with Crippen LogP contribution in [0.1, 0.15) is 32.8 Å². The van der Waals surface area contributed by atoms with Crippen LogP contribution in [0.3, 0.4) is 0 Å². The second-order valence-corrected chi connectivity index (χ2v) is 18.5. The average Bonchev–Trinajstić information content (AvgIpc) is 3.54. The maximum Gasteiger partial charge on any atom is 0.418 e. The van der Waals surface area contributed by atoms with Gasteiger partial charge in [-0.15, -0.1) is 0 Å². The van der Waals surface area contributed by atoms with Gasteiger partial charge in [-0.2, -0.15) is 0 Å². The van der Waals surface area contributed by atoms with Gasteiger partial charge in [0.25, 0.3) is 0 Å². The lowest BCUT2D eigenvalue weighted by molar-refractivity contribution is -0.141. The minimum Gasteiger partial charge on any atom is -0.468 e. The van der Waals surface area contributed by atoms with Crippen molar-refractivity contribution in [1.82, 2.24) is 4.90 Å². The summed E-state index contributed by atoms with van der Waals surface area (Å²) in [4.78, 5) is 31.8. The number of halogens is 3. The van der Waals surface area contributed by atoms with Gasteiger partial charge in [-0.3, -0.25) is 4.79 Å². The topological polar surface area (TPSA) is 77.4 Å². The van der Waals surface area contributed by atoms with E-state index in [1.807, 2.05) is 0 Å². The Balaban J connectivity index is 2.10. The monoisotopic (exact) mass is 560 g/mol. The molecule has 37 heavy (non-hydrogen) atoms. The highest BCUT2D eigenvalue weighted by Gasteiger charge is 2.74. The van der Waals surface area contributed by atoms with E-state index in [-0.39, 0.29) is 23.9 Å². The molecule has 0 spiro atoms. The van der Waals surface area contributed by atoms with Gasteiger partial charge in [0.05, 0.1) is 7.11 Å². The number of alkyl halides is 1. The van der Waals surface area contributed by atoms with E-state index in [0.717, 1.165) is 28.8 Å². The van der Waals surface area contributed by atoms with Gasteiger partial charge in [-0.05, 0) is 39.3 Å². The fourth-order valence-electron chi connectivity index (χ4n) is 4.22. The molecule has 1 aliphatic heterocycles. The van der Waals surface area contributed by atoms with Crippen molar-refractivity contribution in [3.05, 3.63) is 35.4 Å². The Kier molecular flexibility index (Phi) is 8.46. The van der Waals surface area contributed by atoms with Gasteiger partial charge in [0.2, 0.25) is 0 Å². The highest BCUT2D eigenvalue weighted by atomic mass is 32.2. The number of aliphatic imine (C=N–C) groups is 1. The molecule has 0 bridgehead atoms. The molecule has 1 saturated carbocycles. The van der Waals surface area contributed by atoms with Gasteiger partial charge in [0, 0.05) is 26.2 Å². The quantitative estimate of drug-likeness (QED) is 0.175. The van der Waals surface area contributed by atoms with E-state index in [1.165, 1.54) is 19.2 Å². The molecular weight excluding hydrogens is 525 g/mol. The Morgan fingerprint density at radius 3 is 2.49 bits per heavy atom. The molecular formula is C25H35F3N2O5SSi. The molecule has 1 fully saturated rings. The van der Waals surface area contributed by atoms with Crippen molar-refractivity contribution in [2.24, 2.45) is 10.9 Å². The summed E-state index contributed by atoms with van der Waals surface area (Å²) in [5, 5.41) is -0.0808. The number of fused-ring (bicyclic) bond motifs is 1. The van der Waals surface area contributed by atoms with E-state index in [0.29, 0.717) is 6.61 Å². The predicted octanol–water partition coefficient (Wildman–Crippen LogP) is 5.71. The third kappa shape index (κ3) is 6.17. The largest absolute Gasteiger partial charge is 0.468 e. The van der Waals surface area contributed by atoms with Crippen molar-refractivity contribution in [2.45, 2.75) is 68.8 Å². The number of nitrogens with zero attached hydrogens (tertiary/aromatic N) is 2. The molecule has 0 unspecified atom stereocenters. The van der Waals surface area contributed by atoms with Crippen LogP contribution >= 0.6 is 11.8 Å². The van der Waals surface area contributed by atoms with Crippen LogP contribution in [0, 0.1) is 17.6 Å². The van der Waals surface area contributed by atoms with Crippen LogP contribution in [0.2, 0.25) is 25.7 Å². The first-order valence-corrected chi connectivity index (χ1v) is 16.6. The highest BCUT2D eigenvalue weighted by Crippen LogP contribution is 2.67. The van der Waals surface area contributed by atoms with E-state index in [9.17, 15) is 18.4 Å². The molecule has 206 valence electrons. The highest BCUT2D eigenvalue weighted by molar-refractivity contribution is 8.15. The maximum atomic E-state index is 15.0. The number of methoxy groups -OCH3 is 1. The van der Waals surface area contributed by atoms with Crippen molar-refractivity contribution in [3.63, 3.8) is 0 Å². The summed E-state index contributed by atoms with van der Waals surface area (Å²) in [6.07, 6.45) is -0.714. The second-order valence-electron chi connectivity index (χ2n) is 11.5. The molecule has 3 atom stereocenters. The summed E-state index contributed by atoms with van der Waals surface area (Å²) in [6.45, 7) is 10.5. The van der Waals surface area contributed by atoms with E-state index in [4.69, 9.17) is 14.2 Å². The van der Waals surface area contributed by atoms with Crippen LogP contribution in [-0.4, -0.2) is 67.7 Å². The molecule has 1 aliphatic carbocycles. The number of hydrogen-bond acceptors (Lipinski definition) is 7. The number of benzene rings is 1. The summed E-state index contributed by atoms with van der Waals surface area (Å²) >= 11 is 0.935. The second kappa shape index (κ2) is 10.6. The summed E-state index contributed by atoms with van der Waals surface area (Å²) in [7, 11) is -0.240.